The van der Waals surface area contributed by atoms with E-state index in [0.29, 0.717) is 67.7 Å². The first-order chi connectivity index (χ1) is 32.0. The van der Waals surface area contributed by atoms with Gasteiger partial charge >= 0.3 is 0 Å². The Bertz CT molecular complexity index is 2780. The second-order valence-corrected chi connectivity index (χ2v) is 20.1. The molecule has 66 heavy (non-hydrogen) atoms. The van der Waals surface area contributed by atoms with Gasteiger partial charge in [-0.1, -0.05) is 35.7 Å². The molecule has 16 nitrogen and oxygen atoms in total. The Labute approximate surface area is 388 Å². The number of fused-ring (bicyclic) bond motifs is 2. The zero-order chi connectivity index (χ0) is 45.4. The van der Waals surface area contributed by atoms with E-state index in [4.69, 9.17) is 30.8 Å². The van der Waals surface area contributed by atoms with E-state index in [9.17, 15) is 23.3 Å². The third-order valence-electron chi connectivity index (χ3n) is 13.9. The minimum atomic E-state index is -4.59. The molecular weight excluding hydrogens is 884 g/mol. The van der Waals surface area contributed by atoms with Crippen molar-refractivity contribution in [1.82, 2.24) is 19.6 Å². The number of H-pyrrole nitrogens is 1. The Morgan fingerprint density at radius 2 is 1.77 bits per heavy atom. The molecule has 3 fully saturated rings. The molecule has 0 bridgehead atoms. The highest BCUT2D eigenvalue weighted by Gasteiger charge is 2.41. The molecule has 2 aromatic heterocycles. The van der Waals surface area contributed by atoms with Crippen LogP contribution in [0.15, 0.2) is 89.5 Å². The van der Waals surface area contributed by atoms with E-state index >= 15 is 0 Å². The fourth-order valence-corrected chi connectivity index (χ4v) is 11.2. The maximum Gasteiger partial charge on any atom is 0.293 e. The number of halogens is 1. The van der Waals surface area contributed by atoms with Gasteiger partial charge in [-0.2, -0.15) is 4.98 Å². The van der Waals surface area contributed by atoms with Crippen molar-refractivity contribution in [2.24, 2.45) is 5.41 Å². The number of rotatable bonds is 12. The van der Waals surface area contributed by atoms with Gasteiger partial charge < -0.3 is 34.3 Å². The van der Waals surface area contributed by atoms with Crippen molar-refractivity contribution >= 4 is 72.6 Å². The summed E-state index contributed by atoms with van der Waals surface area (Å²) in [7, 11) is -4.59. The molecule has 1 amide bonds. The summed E-state index contributed by atoms with van der Waals surface area (Å²) in [5, 5.41) is 16.8. The van der Waals surface area contributed by atoms with Gasteiger partial charge in [-0.3, -0.25) is 19.8 Å². The van der Waals surface area contributed by atoms with Crippen LogP contribution in [0.3, 0.4) is 0 Å². The number of aromatic nitrogens is 2. The van der Waals surface area contributed by atoms with Crippen LogP contribution in [0.4, 0.5) is 28.4 Å². The maximum absolute atomic E-state index is 14.4. The molecule has 346 valence electrons. The number of carbonyl (C=O) groups is 1. The fraction of sp³-hybridized carbons (Fsp3) is 0.417. The maximum atomic E-state index is 14.4. The third kappa shape index (κ3) is 9.19. The predicted octanol–water partition coefficient (Wildman–Crippen LogP) is 7.92. The summed E-state index contributed by atoms with van der Waals surface area (Å²) < 4.78 is 47.3. The van der Waals surface area contributed by atoms with Gasteiger partial charge in [-0.25, -0.2) is 13.1 Å². The van der Waals surface area contributed by atoms with E-state index in [1.807, 2.05) is 41.3 Å². The van der Waals surface area contributed by atoms with E-state index in [0.717, 1.165) is 67.7 Å². The number of amides is 1. The lowest BCUT2D eigenvalue weighted by Gasteiger charge is -2.47. The van der Waals surface area contributed by atoms with Crippen molar-refractivity contribution in [2.75, 3.05) is 87.4 Å². The van der Waals surface area contributed by atoms with Crippen molar-refractivity contribution in [1.29, 1.82) is 0 Å². The van der Waals surface area contributed by atoms with Crippen LogP contribution in [0.1, 0.15) is 60.9 Å². The van der Waals surface area contributed by atoms with Gasteiger partial charge in [0.2, 0.25) is 5.88 Å². The van der Waals surface area contributed by atoms with Crippen LogP contribution in [0.25, 0.3) is 16.6 Å². The minimum Gasteiger partial charge on any atom is -0.476 e. The number of ether oxygens (including phenoxy) is 3. The fourth-order valence-electron chi connectivity index (χ4n) is 10.1. The minimum absolute atomic E-state index is 0.105. The molecule has 2 aliphatic carbocycles. The average Bonchev–Trinajstić information content (AvgIpc) is 3.68. The number of aromatic amines is 1. The molecule has 2 saturated heterocycles. The first-order valence-electron chi connectivity index (χ1n) is 22.8. The smallest absolute Gasteiger partial charge is 0.293 e. The Balaban J connectivity index is 0.916. The Morgan fingerprint density at radius 1 is 0.939 bits per heavy atom. The molecule has 10 rings (SSSR count). The monoisotopic (exact) mass is 936 g/mol. The molecule has 3 aromatic carbocycles. The lowest BCUT2D eigenvalue weighted by Crippen LogP contribution is -2.47. The van der Waals surface area contributed by atoms with Gasteiger partial charge in [0.15, 0.2) is 0 Å². The van der Waals surface area contributed by atoms with Crippen LogP contribution < -0.4 is 24.6 Å². The number of carbonyl (C=O) groups excluding carboxylic acids is 1. The SMILES string of the molecule is O=C(NS(=O)(=O)c1ccc(NCC2COCCO2)c([N+](=O)[O-])c1)c1ccc(N2CCN(CC3=C(c4ccc(Cl)cc4)CC4(CCC4)CC3)CC2)cc1N1CCCOc2nc3[nH]ccc3cc21. The van der Waals surface area contributed by atoms with Crippen LogP contribution in [0, 0.1) is 15.5 Å². The molecular formula is C48H53ClN8O8S. The van der Waals surface area contributed by atoms with Gasteiger partial charge in [0.25, 0.3) is 21.6 Å². The zero-order valence-electron chi connectivity index (χ0n) is 36.6. The molecule has 3 N–H and O–H groups in total. The number of allylic oxidation sites excluding steroid dienone is 1. The van der Waals surface area contributed by atoms with Crippen molar-refractivity contribution in [3.63, 3.8) is 0 Å². The number of benzene rings is 3. The average molecular weight is 938 g/mol. The number of piperazine rings is 1. The van der Waals surface area contributed by atoms with Crippen LogP contribution >= 0.6 is 11.6 Å². The van der Waals surface area contributed by atoms with Crippen molar-refractivity contribution < 1.29 is 32.3 Å². The van der Waals surface area contributed by atoms with Crippen molar-refractivity contribution in [2.45, 2.75) is 55.9 Å². The van der Waals surface area contributed by atoms with Gasteiger partial charge in [0.1, 0.15) is 17.0 Å². The third-order valence-corrected chi connectivity index (χ3v) is 15.4. The molecule has 1 spiro atoms. The molecule has 1 saturated carbocycles. The second-order valence-electron chi connectivity index (χ2n) is 18.0. The van der Waals surface area contributed by atoms with E-state index in [-0.39, 0.29) is 23.9 Å². The molecule has 0 radical (unpaired) electrons. The summed E-state index contributed by atoms with van der Waals surface area (Å²) in [6, 6.07) is 21.2. The van der Waals surface area contributed by atoms with Gasteiger partial charge in [0.05, 0.1) is 53.6 Å². The lowest BCUT2D eigenvalue weighted by atomic mass is 9.59. The zero-order valence-corrected chi connectivity index (χ0v) is 38.2. The van der Waals surface area contributed by atoms with Crippen molar-refractivity contribution in [3.05, 3.63) is 111 Å². The summed E-state index contributed by atoms with van der Waals surface area (Å²) in [6.07, 6.45) is 9.49. The number of hydrogen-bond donors (Lipinski definition) is 3. The number of nitro benzene ring substituents is 1. The highest BCUT2D eigenvalue weighted by molar-refractivity contribution is 7.90. The van der Waals surface area contributed by atoms with Gasteiger partial charge in [0, 0.05) is 74.2 Å². The summed E-state index contributed by atoms with van der Waals surface area (Å²) in [5.41, 5.74) is 7.15. The normalized spacial score (nSPS) is 20.0. The molecule has 5 aliphatic rings. The van der Waals surface area contributed by atoms with Crippen LogP contribution in [0.5, 0.6) is 5.88 Å². The summed E-state index contributed by atoms with van der Waals surface area (Å²) in [6.45, 7) is 6.39. The van der Waals surface area contributed by atoms with E-state index < -0.39 is 31.4 Å². The molecule has 1 atom stereocenters. The summed E-state index contributed by atoms with van der Waals surface area (Å²) in [4.78, 5) is 40.2. The Hall–Kier alpha value is -5.72. The first kappa shape index (κ1) is 44.1. The molecule has 18 heteroatoms. The molecule has 3 aliphatic heterocycles. The lowest BCUT2D eigenvalue weighted by molar-refractivity contribution is -0.384. The van der Waals surface area contributed by atoms with Crippen LogP contribution in [0.2, 0.25) is 5.02 Å². The quantitative estimate of drug-likeness (QED) is 0.0811. The van der Waals surface area contributed by atoms with Gasteiger partial charge in [-0.05, 0) is 110 Å². The predicted molar refractivity (Wildman–Crippen MR) is 254 cm³/mol. The summed E-state index contributed by atoms with van der Waals surface area (Å²) in [5.74, 6) is -0.494. The summed E-state index contributed by atoms with van der Waals surface area (Å²) >= 11 is 6.31. The number of nitrogens with one attached hydrogen (secondary N) is 3. The first-order valence-corrected chi connectivity index (χ1v) is 24.6. The number of sulfonamides is 1. The number of nitro groups is 1. The van der Waals surface area contributed by atoms with E-state index in [1.54, 1.807) is 12.3 Å². The Morgan fingerprint density at radius 3 is 2.53 bits per heavy atom. The number of pyridine rings is 1. The number of anilines is 4. The number of hydrogen-bond acceptors (Lipinski definition) is 13. The van der Waals surface area contributed by atoms with Crippen molar-refractivity contribution in [3.8, 4) is 5.88 Å². The molecule has 1 unspecified atom stereocenters. The standard InChI is InChI=1S/C48H53ClN8O8S/c49-35-5-3-32(4-6-35)40-28-48(13-1-14-48)15-11-34(40)30-54-18-20-55(21-19-54)36-7-9-39(42(26-36)56-17-2-22-65-47-44(56)25-33-12-16-50-45(33)52-47)46(58)53-66(61,62)38-8-10-41(43(27-38)57(59)60)51-29-37-31-63-23-24-64-37/h3-10,12,16,25-27,37,51H,1-2,11,13-15,17-24,28-31H2,(H,50,52)(H,53,58). The second kappa shape index (κ2) is 18.5. The highest BCUT2D eigenvalue weighted by Crippen LogP contribution is 2.55. The Kier molecular flexibility index (Phi) is 12.4. The molecule has 5 aromatic rings. The largest absolute Gasteiger partial charge is 0.476 e. The van der Waals surface area contributed by atoms with E-state index in [1.165, 1.54) is 54.5 Å². The number of nitrogens with zero attached hydrogens (tertiary/aromatic N) is 5. The topological polar surface area (TPSA) is 185 Å². The van der Waals surface area contributed by atoms with Crippen LogP contribution in [-0.2, 0) is 19.5 Å². The highest BCUT2D eigenvalue weighted by atomic mass is 35.5. The van der Waals surface area contributed by atoms with Crippen LogP contribution in [-0.4, -0.2) is 112 Å². The molecule has 5 heterocycles. The van der Waals surface area contributed by atoms with E-state index in [2.05, 4.69) is 37.0 Å². The van der Waals surface area contributed by atoms with Gasteiger partial charge in [-0.15, -0.1) is 0 Å².